The molecule has 0 aliphatic heterocycles. The van der Waals surface area contributed by atoms with Crippen molar-refractivity contribution in [3.8, 4) is 0 Å². The summed E-state index contributed by atoms with van der Waals surface area (Å²) in [5, 5.41) is 0. The SMILES string of the molecule is ClOCl.ClOCl.ClOCl.ClOCl.ClOCl.ClOCl.ClOCl.ClOCl.ClOCl.ClOCl.ClOCl.ClOCl.[Zr].[Zr].[Zr].[Zr].[Zr].[Zr].[Zr].[Zr].[Zr].[Zr].[Zr].[Zr].[Zr]. The van der Waals surface area contributed by atoms with E-state index < -0.39 is 0 Å². The minimum atomic E-state index is 0. The summed E-state index contributed by atoms with van der Waals surface area (Å²) in [6.45, 7) is 0. The molecule has 292 valence electrons. The number of halogens is 24. The van der Waals surface area contributed by atoms with Gasteiger partial charge in [0.25, 0.3) is 0 Å². The standard InChI is InChI=1S/12Cl2O.13Zr/c12*1-3-2;;;;;;;;;;;;;. The van der Waals surface area contributed by atoms with Gasteiger partial charge in [-0.1, -0.05) is 0 Å². The predicted molar refractivity (Wildman–Crippen MR) is 153 cm³/mol. The van der Waals surface area contributed by atoms with Gasteiger partial charge in [0.15, 0.2) is 0 Å². The zero-order valence-electron chi connectivity index (χ0n) is 20.5. The monoisotopic (exact) mass is 2200 g/mol. The van der Waals surface area contributed by atoms with Crippen molar-refractivity contribution in [3.63, 3.8) is 0 Å². The van der Waals surface area contributed by atoms with E-state index in [0.717, 1.165) is 0 Å². The molecule has 49 heteroatoms. The second kappa shape index (κ2) is 310. The maximum atomic E-state index is 4.26. The van der Waals surface area contributed by atoms with Gasteiger partial charge in [-0.25, -0.2) is 0 Å². The molecule has 0 aliphatic carbocycles. The molecule has 0 N–H and O–H groups in total. The first-order valence-corrected chi connectivity index (χ1v) is 11.1. The fourth-order valence-corrected chi connectivity index (χ4v) is 0. The molecule has 0 aliphatic rings. The third-order valence-electron chi connectivity index (χ3n) is 0. The van der Waals surface area contributed by atoms with Gasteiger partial charge >= 0.3 is 0 Å². The van der Waals surface area contributed by atoms with Crippen LogP contribution in [0.3, 0.4) is 0 Å². The Bertz CT molecular complexity index is 117. The maximum absolute atomic E-state index is 4.26. The topological polar surface area (TPSA) is 111 Å². The van der Waals surface area contributed by atoms with Gasteiger partial charge in [-0.05, 0) is 0 Å². The Kier molecular flexibility index (Phi) is 1050. The molecule has 0 saturated heterocycles. The maximum Gasteiger partial charge on any atom is 0.0832 e. The summed E-state index contributed by atoms with van der Waals surface area (Å²) >= 11 is 102. The third-order valence-corrected chi connectivity index (χ3v) is 0. The quantitative estimate of drug-likeness (QED) is 0.230. The summed E-state index contributed by atoms with van der Waals surface area (Å²) in [7, 11) is 0. The first-order chi connectivity index (χ1) is 17.0. The van der Waals surface area contributed by atoms with Gasteiger partial charge in [-0.15, -0.1) is 0 Å². The van der Waals surface area contributed by atoms with Gasteiger partial charge in [0.05, 0.1) is 285 Å². The molecular weight excluding hydrogens is 2230 g/mol. The molecule has 0 unspecified atom stereocenters. The zero-order chi connectivity index (χ0) is 32.5. The molecule has 49 heavy (non-hydrogen) atoms. The first kappa shape index (κ1) is 165. The summed E-state index contributed by atoms with van der Waals surface area (Å²) in [6.07, 6.45) is 0. The van der Waals surface area contributed by atoms with E-state index in [2.05, 4.69) is 331 Å². The summed E-state index contributed by atoms with van der Waals surface area (Å²) < 4.78 is 38.3. The Morgan fingerprint density at radius 1 is 0.102 bits per heavy atom. The van der Waals surface area contributed by atoms with Crippen LogP contribution >= 0.6 is 285 Å². The van der Waals surface area contributed by atoms with E-state index in [-0.39, 0.29) is 341 Å². The molecular formula is Cl24O12Zr13. The largest absolute Gasteiger partial charge is 0.166 e. The van der Waals surface area contributed by atoms with Crippen molar-refractivity contribution in [2.24, 2.45) is 0 Å². The molecule has 0 amide bonds. The zero-order valence-corrected chi connectivity index (χ0v) is 70.6. The second-order valence-corrected chi connectivity index (χ2v) is 6.30. The summed E-state index contributed by atoms with van der Waals surface area (Å²) in [4.78, 5) is 0. The van der Waals surface area contributed by atoms with Gasteiger partial charge in [0.2, 0.25) is 0 Å². The van der Waals surface area contributed by atoms with Crippen molar-refractivity contribution in [2.75, 3.05) is 0 Å². The Hall–Kier alpha value is 18.0. The van der Waals surface area contributed by atoms with Gasteiger partial charge < -0.3 is 0 Å². The number of hydrogen-bond acceptors (Lipinski definition) is 12. The van der Waals surface area contributed by atoms with Crippen molar-refractivity contribution in [1.29, 1.82) is 0 Å². The number of hydrogen-bond donors (Lipinski definition) is 0. The van der Waals surface area contributed by atoms with Crippen LogP contribution in [0.4, 0.5) is 0 Å². The van der Waals surface area contributed by atoms with E-state index in [1.165, 1.54) is 0 Å². The number of rotatable bonds is 0. The Labute approximate surface area is 654 Å². The minimum Gasteiger partial charge on any atom is -0.166 e. The second-order valence-electron chi connectivity index (χ2n) is 0.700. The third kappa shape index (κ3) is 837. The van der Waals surface area contributed by atoms with Gasteiger partial charge in [0.1, 0.15) is 0 Å². The molecule has 12 nitrogen and oxygen atoms in total. The Morgan fingerprint density at radius 2 is 0.102 bits per heavy atom. The minimum absolute atomic E-state index is 0. The fourth-order valence-electron chi connectivity index (χ4n) is 0. The fraction of sp³-hybridized carbons (Fsp3) is 0. The molecule has 0 heterocycles. The van der Waals surface area contributed by atoms with E-state index in [4.69, 9.17) is 0 Å². The van der Waals surface area contributed by atoms with E-state index >= 15 is 0 Å². The van der Waals surface area contributed by atoms with Crippen LogP contribution in [-0.2, 0) is 387 Å². The summed E-state index contributed by atoms with van der Waals surface area (Å²) in [6, 6.07) is 0. The van der Waals surface area contributed by atoms with Crippen molar-refractivity contribution in [3.05, 3.63) is 0 Å². The molecule has 0 radical (unpaired) electrons. The summed E-state index contributed by atoms with van der Waals surface area (Å²) in [5.41, 5.74) is 0. The van der Waals surface area contributed by atoms with Gasteiger partial charge in [-0.3, -0.25) is 0 Å². The Balaban J connectivity index is -0.00000000544. The van der Waals surface area contributed by atoms with Crippen molar-refractivity contribution < 1.29 is 387 Å². The van der Waals surface area contributed by atoms with E-state index in [0.29, 0.717) is 0 Å². The normalized spacial score (nSPS) is 4.41. The van der Waals surface area contributed by atoms with E-state index in [1.807, 2.05) is 0 Å². The van der Waals surface area contributed by atoms with Crippen molar-refractivity contribution >= 4 is 285 Å². The van der Waals surface area contributed by atoms with Crippen molar-refractivity contribution in [1.82, 2.24) is 0 Å². The molecule has 0 aromatic rings. The first-order valence-electron chi connectivity index (χ1n) is 3.70. The molecule has 0 fully saturated rings. The van der Waals surface area contributed by atoms with Crippen LogP contribution in [0, 0.1) is 0 Å². The molecule has 0 aromatic carbocycles. The van der Waals surface area contributed by atoms with Crippen LogP contribution in [0.1, 0.15) is 0 Å². The molecule has 0 atom stereocenters. The van der Waals surface area contributed by atoms with Gasteiger partial charge in [-0.2, -0.15) is 46.1 Å². The Morgan fingerprint density at radius 3 is 0.102 bits per heavy atom. The average molecular weight is 2230 g/mol. The molecule has 0 saturated carbocycles. The van der Waals surface area contributed by atoms with Crippen LogP contribution in [-0.4, -0.2) is 0 Å². The average Bonchev–Trinajstić information content (AvgIpc) is 2.75. The van der Waals surface area contributed by atoms with Crippen LogP contribution < -0.4 is 0 Å². The smallest absolute Gasteiger partial charge is 0.0832 e. The molecule has 0 aromatic heterocycles. The van der Waals surface area contributed by atoms with Crippen LogP contribution in [0.5, 0.6) is 0 Å². The molecule has 0 spiro atoms. The van der Waals surface area contributed by atoms with E-state index in [1.54, 1.807) is 0 Å². The van der Waals surface area contributed by atoms with Gasteiger partial charge in [0, 0.05) is 341 Å². The van der Waals surface area contributed by atoms with Crippen LogP contribution in [0.25, 0.3) is 0 Å². The predicted octanol–water partition coefficient (Wildman–Crippen LogP) is 15.7. The molecule has 0 rings (SSSR count). The van der Waals surface area contributed by atoms with Crippen LogP contribution in [0.15, 0.2) is 0 Å². The summed E-state index contributed by atoms with van der Waals surface area (Å²) in [5.74, 6) is 0. The van der Waals surface area contributed by atoms with Crippen LogP contribution in [0.2, 0.25) is 0 Å². The van der Waals surface area contributed by atoms with E-state index in [9.17, 15) is 0 Å². The van der Waals surface area contributed by atoms with Crippen molar-refractivity contribution in [2.45, 2.75) is 0 Å². The molecule has 0 bridgehead atoms.